The summed E-state index contributed by atoms with van der Waals surface area (Å²) in [6.45, 7) is 9.62. The number of nitrogens with zero attached hydrogens (tertiary/aromatic N) is 2. The van der Waals surface area contributed by atoms with Gasteiger partial charge in [0.2, 0.25) is 0 Å². The van der Waals surface area contributed by atoms with E-state index in [1.807, 2.05) is 0 Å². The van der Waals surface area contributed by atoms with E-state index in [-0.39, 0.29) is 11.3 Å². The van der Waals surface area contributed by atoms with Gasteiger partial charge in [0.1, 0.15) is 10.8 Å². The Morgan fingerprint density at radius 2 is 1.85 bits per heavy atom. The summed E-state index contributed by atoms with van der Waals surface area (Å²) < 4.78 is 0. The van der Waals surface area contributed by atoms with Gasteiger partial charge in [-0.15, -0.1) is 11.3 Å². The van der Waals surface area contributed by atoms with E-state index in [9.17, 15) is 0 Å². The van der Waals surface area contributed by atoms with Gasteiger partial charge in [0.15, 0.2) is 0 Å². The molecule has 0 amide bonds. The second kappa shape index (κ2) is 6.22. The van der Waals surface area contributed by atoms with Crippen molar-refractivity contribution in [3.63, 3.8) is 0 Å². The molecular weight excluding hydrogens is 268 g/mol. The third kappa shape index (κ3) is 3.79. The summed E-state index contributed by atoms with van der Waals surface area (Å²) >= 11 is 1.59. The highest BCUT2D eigenvalue weighted by atomic mass is 32.1. The van der Waals surface area contributed by atoms with Gasteiger partial charge in [-0.2, -0.15) is 0 Å². The van der Waals surface area contributed by atoms with Gasteiger partial charge in [-0.25, -0.2) is 4.98 Å². The van der Waals surface area contributed by atoms with E-state index >= 15 is 0 Å². The first kappa shape index (κ1) is 15.4. The zero-order chi connectivity index (χ0) is 14.8. The minimum absolute atomic E-state index is 0.0610. The van der Waals surface area contributed by atoms with E-state index in [4.69, 9.17) is 16.1 Å². The lowest BCUT2D eigenvalue weighted by atomic mass is 9.91. The Kier molecular flexibility index (Phi) is 4.81. The number of nitrogens with two attached hydrogens (primary N) is 1. The molecule has 1 aromatic rings. The maximum Gasteiger partial charge on any atom is 0.135 e. The third-order valence-corrected chi connectivity index (χ3v) is 4.76. The van der Waals surface area contributed by atoms with Crippen LogP contribution in [-0.4, -0.2) is 28.8 Å². The monoisotopic (exact) mass is 294 g/mol. The van der Waals surface area contributed by atoms with Crippen molar-refractivity contribution in [1.29, 1.82) is 5.41 Å². The van der Waals surface area contributed by atoms with E-state index in [1.54, 1.807) is 11.3 Å². The van der Waals surface area contributed by atoms with Crippen molar-refractivity contribution >= 4 is 17.2 Å². The molecule has 4 nitrogen and oxygen atoms in total. The number of likely N-dealkylation sites (tertiary alicyclic amines) is 1. The molecule has 5 heteroatoms. The molecule has 2 rings (SSSR count). The number of nitrogen functional groups attached to an aromatic ring is 1. The fourth-order valence-corrected chi connectivity index (χ4v) is 3.79. The predicted octanol–water partition coefficient (Wildman–Crippen LogP) is 3.10. The van der Waals surface area contributed by atoms with Crippen molar-refractivity contribution in [2.24, 2.45) is 5.73 Å². The van der Waals surface area contributed by atoms with Gasteiger partial charge < -0.3 is 5.73 Å². The quantitative estimate of drug-likeness (QED) is 0.665. The van der Waals surface area contributed by atoms with Crippen LogP contribution < -0.4 is 5.73 Å². The SMILES string of the molecule is CC(C)(C)c1nc(CN2CCCCCC2)sc1C(=N)N. The van der Waals surface area contributed by atoms with Crippen LogP contribution in [0.15, 0.2) is 0 Å². The Morgan fingerprint density at radius 1 is 1.25 bits per heavy atom. The number of hydrogen-bond acceptors (Lipinski definition) is 4. The second-order valence-electron chi connectivity index (χ2n) is 6.64. The van der Waals surface area contributed by atoms with Crippen molar-refractivity contribution in [2.45, 2.75) is 58.4 Å². The fraction of sp³-hybridized carbons (Fsp3) is 0.733. The van der Waals surface area contributed by atoms with Crippen molar-refractivity contribution in [3.05, 3.63) is 15.6 Å². The Bertz CT molecular complexity index is 465. The van der Waals surface area contributed by atoms with Gasteiger partial charge in [-0.3, -0.25) is 10.3 Å². The Morgan fingerprint density at radius 3 is 2.30 bits per heavy atom. The average Bonchev–Trinajstić information content (AvgIpc) is 2.61. The van der Waals surface area contributed by atoms with Crippen molar-refractivity contribution < 1.29 is 0 Å². The van der Waals surface area contributed by atoms with Crippen LogP contribution in [0.5, 0.6) is 0 Å². The number of aromatic nitrogens is 1. The molecule has 1 aliphatic rings. The molecule has 1 aromatic heterocycles. The smallest absolute Gasteiger partial charge is 0.135 e. The highest BCUT2D eigenvalue weighted by Crippen LogP contribution is 2.30. The van der Waals surface area contributed by atoms with Crippen LogP contribution in [0.25, 0.3) is 0 Å². The summed E-state index contributed by atoms with van der Waals surface area (Å²) in [6.07, 6.45) is 5.27. The number of rotatable bonds is 3. The Balaban J connectivity index is 2.18. The standard InChI is InChI=1S/C15H26N4S/c1-15(2,3)13-12(14(16)17)20-11(18-13)10-19-8-6-4-5-7-9-19/h4-10H2,1-3H3,(H3,16,17). The maximum absolute atomic E-state index is 7.76. The molecule has 0 radical (unpaired) electrons. The maximum atomic E-state index is 7.76. The van der Waals surface area contributed by atoms with Gasteiger partial charge in [0.05, 0.1) is 17.1 Å². The van der Waals surface area contributed by atoms with E-state index in [0.717, 1.165) is 22.1 Å². The normalized spacial score (nSPS) is 17.9. The molecule has 0 aromatic carbocycles. The third-order valence-electron chi connectivity index (χ3n) is 3.68. The van der Waals surface area contributed by atoms with Gasteiger partial charge in [-0.05, 0) is 25.9 Å². The molecule has 1 aliphatic heterocycles. The fourth-order valence-electron chi connectivity index (χ4n) is 2.61. The molecule has 0 bridgehead atoms. The summed E-state index contributed by atoms with van der Waals surface area (Å²) in [6, 6.07) is 0. The molecule has 0 aliphatic carbocycles. The second-order valence-corrected chi connectivity index (χ2v) is 7.72. The molecular formula is C15H26N4S. The topological polar surface area (TPSA) is 66.0 Å². The molecule has 0 spiro atoms. The molecule has 20 heavy (non-hydrogen) atoms. The van der Waals surface area contributed by atoms with Crippen LogP contribution in [0.3, 0.4) is 0 Å². The largest absolute Gasteiger partial charge is 0.383 e. The Hall–Kier alpha value is -0.940. The molecule has 3 N–H and O–H groups in total. The first-order valence-corrected chi connectivity index (χ1v) is 8.26. The summed E-state index contributed by atoms with van der Waals surface area (Å²) in [4.78, 5) is 8.12. The lowest BCUT2D eigenvalue weighted by Crippen LogP contribution is -2.24. The van der Waals surface area contributed by atoms with Crippen molar-refractivity contribution in [1.82, 2.24) is 9.88 Å². The highest BCUT2D eigenvalue weighted by Gasteiger charge is 2.25. The number of hydrogen-bond donors (Lipinski definition) is 2. The molecule has 0 atom stereocenters. The van der Waals surface area contributed by atoms with E-state index in [0.29, 0.717) is 0 Å². The molecule has 2 heterocycles. The van der Waals surface area contributed by atoms with Crippen LogP contribution in [0, 0.1) is 5.41 Å². The van der Waals surface area contributed by atoms with Crippen LogP contribution >= 0.6 is 11.3 Å². The lowest BCUT2D eigenvalue weighted by molar-refractivity contribution is 0.276. The summed E-state index contributed by atoms with van der Waals surface area (Å²) in [5.74, 6) is 0.148. The average molecular weight is 294 g/mol. The Labute approximate surface area is 125 Å². The van der Waals surface area contributed by atoms with Gasteiger partial charge in [0, 0.05) is 5.41 Å². The van der Waals surface area contributed by atoms with E-state index in [1.165, 1.54) is 38.8 Å². The number of nitrogens with one attached hydrogen (secondary N) is 1. The van der Waals surface area contributed by atoms with Gasteiger partial charge >= 0.3 is 0 Å². The van der Waals surface area contributed by atoms with E-state index in [2.05, 4.69) is 25.7 Å². The predicted molar refractivity (Wildman–Crippen MR) is 85.6 cm³/mol. The minimum atomic E-state index is -0.0610. The van der Waals surface area contributed by atoms with Crippen LogP contribution in [0.1, 0.15) is 62.0 Å². The van der Waals surface area contributed by atoms with Crippen LogP contribution in [0.2, 0.25) is 0 Å². The van der Waals surface area contributed by atoms with Crippen molar-refractivity contribution in [2.75, 3.05) is 13.1 Å². The van der Waals surface area contributed by atoms with E-state index < -0.39 is 0 Å². The molecule has 0 saturated carbocycles. The van der Waals surface area contributed by atoms with Crippen LogP contribution in [0.4, 0.5) is 0 Å². The minimum Gasteiger partial charge on any atom is -0.383 e. The number of amidine groups is 1. The highest BCUT2D eigenvalue weighted by molar-refractivity contribution is 7.13. The molecule has 0 unspecified atom stereocenters. The van der Waals surface area contributed by atoms with Crippen molar-refractivity contribution in [3.8, 4) is 0 Å². The lowest BCUT2D eigenvalue weighted by Gasteiger charge is -2.18. The summed E-state index contributed by atoms with van der Waals surface area (Å²) in [5, 5.41) is 8.86. The molecule has 1 fully saturated rings. The van der Waals surface area contributed by atoms with Gasteiger partial charge in [0.25, 0.3) is 0 Å². The first-order valence-electron chi connectivity index (χ1n) is 7.45. The van der Waals surface area contributed by atoms with Crippen LogP contribution in [-0.2, 0) is 12.0 Å². The summed E-state index contributed by atoms with van der Waals surface area (Å²) in [5.41, 5.74) is 6.63. The number of thiazole rings is 1. The zero-order valence-corrected chi connectivity index (χ0v) is 13.6. The molecule has 1 saturated heterocycles. The van der Waals surface area contributed by atoms with Gasteiger partial charge in [-0.1, -0.05) is 33.6 Å². The molecule has 112 valence electrons. The first-order chi connectivity index (χ1) is 9.38. The zero-order valence-electron chi connectivity index (χ0n) is 12.8. The summed E-state index contributed by atoms with van der Waals surface area (Å²) in [7, 11) is 0.